The molecule has 0 saturated carbocycles. The zero-order valence-electron chi connectivity index (χ0n) is 19.4. The van der Waals surface area contributed by atoms with E-state index in [2.05, 4.69) is 15.6 Å². The Kier molecular flexibility index (Phi) is 7.91. The summed E-state index contributed by atoms with van der Waals surface area (Å²) in [5, 5.41) is 5.28. The van der Waals surface area contributed by atoms with E-state index in [1.807, 2.05) is 39.0 Å². The van der Waals surface area contributed by atoms with E-state index in [9.17, 15) is 22.8 Å². The lowest BCUT2D eigenvalue weighted by molar-refractivity contribution is -0.137. The zero-order chi connectivity index (χ0) is 25.0. The van der Waals surface area contributed by atoms with Gasteiger partial charge in [0.1, 0.15) is 0 Å². The number of carbonyl (C=O) groups is 2. The number of fused-ring (bicyclic) bond motifs is 1. The fraction of sp³-hybridized carbons (Fsp3) is 0.375. The second-order valence-corrected chi connectivity index (χ2v) is 9.35. The van der Waals surface area contributed by atoms with Crippen LogP contribution >= 0.6 is 11.8 Å². The van der Waals surface area contributed by atoms with Crippen LogP contribution in [0.4, 0.5) is 18.9 Å². The minimum atomic E-state index is -4.45. The number of hydrogen-bond acceptors (Lipinski definition) is 4. The van der Waals surface area contributed by atoms with Crippen LogP contribution in [0, 0.1) is 13.8 Å². The molecule has 2 amide bonds. The van der Waals surface area contributed by atoms with E-state index < -0.39 is 17.0 Å². The molecule has 6 nitrogen and oxygen atoms in total. The molecule has 0 fully saturated rings. The lowest BCUT2D eigenvalue weighted by Gasteiger charge is -2.14. The Bertz CT molecular complexity index is 1190. The van der Waals surface area contributed by atoms with E-state index in [0.29, 0.717) is 29.2 Å². The third-order valence-corrected chi connectivity index (χ3v) is 6.40. The van der Waals surface area contributed by atoms with Gasteiger partial charge in [-0.05, 0) is 56.5 Å². The summed E-state index contributed by atoms with van der Waals surface area (Å²) in [6, 6.07) is 9.11. The third kappa shape index (κ3) is 5.91. The van der Waals surface area contributed by atoms with Crippen LogP contribution in [0.25, 0.3) is 11.0 Å². The summed E-state index contributed by atoms with van der Waals surface area (Å²) in [4.78, 5) is 29.4. The maximum atomic E-state index is 13.2. The fourth-order valence-corrected chi connectivity index (χ4v) is 4.50. The molecule has 0 spiro atoms. The van der Waals surface area contributed by atoms with Gasteiger partial charge in [0, 0.05) is 12.2 Å². The molecular formula is C24H27F3N4O2S. The molecule has 0 aliphatic carbocycles. The van der Waals surface area contributed by atoms with Crippen molar-refractivity contribution in [2.75, 3.05) is 11.9 Å². The number of thioether (sulfide) groups is 1. The second-order valence-electron chi connectivity index (χ2n) is 8.04. The molecule has 1 heterocycles. The maximum Gasteiger partial charge on any atom is 0.416 e. The van der Waals surface area contributed by atoms with Crippen molar-refractivity contribution in [2.45, 2.75) is 57.2 Å². The second kappa shape index (κ2) is 10.5. The van der Waals surface area contributed by atoms with E-state index in [-0.39, 0.29) is 18.4 Å². The molecule has 2 aromatic carbocycles. The van der Waals surface area contributed by atoms with E-state index in [0.717, 1.165) is 40.7 Å². The molecule has 0 saturated heterocycles. The van der Waals surface area contributed by atoms with Crippen LogP contribution in [-0.2, 0) is 22.3 Å². The van der Waals surface area contributed by atoms with Crippen molar-refractivity contribution in [1.29, 1.82) is 0 Å². The normalized spacial score (nSPS) is 12.6. The Morgan fingerprint density at radius 2 is 1.82 bits per heavy atom. The Morgan fingerprint density at radius 1 is 1.15 bits per heavy atom. The van der Waals surface area contributed by atoms with E-state index in [4.69, 9.17) is 0 Å². The molecule has 2 N–H and O–H groups in total. The van der Waals surface area contributed by atoms with Gasteiger partial charge in [0.25, 0.3) is 0 Å². The molecule has 1 unspecified atom stereocenters. The zero-order valence-corrected chi connectivity index (χ0v) is 20.2. The van der Waals surface area contributed by atoms with Gasteiger partial charge in [0.2, 0.25) is 11.8 Å². The average molecular weight is 493 g/mol. The number of para-hydroxylation sites is 1. The van der Waals surface area contributed by atoms with Crippen LogP contribution < -0.4 is 10.6 Å². The van der Waals surface area contributed by atoms with E-state index in [1.54, 1.807) is 11.5 Å². The fourth-order valence-electron chi connectivity index (χ4n) is 3.52. The maximum absolute atomic E-state index is 13.2. The molecule has 182 valence electrons. The monoisotopic (exact) mass is 492 g/mol. The van der Waals surface area contributed by atoms with Gasteiger partial charge in [-0.25, -0.2) is 4.98 Å². The predicted octanol–water partition coefficient (Wildman–Crippen LogP) is 5.32. The lowest BCUT2D eigenvalue weighted by atomic mass is 10.1. The van der Waals surface area contributed by atoms with Crippen molar-refractivity contribution in [3.8, 4) is 0 Å². The van der Waals surface area contributed by atoms with Gasteiger partial charge in [-0.3, -0.25) is 9.59 Å². The largest absolute Gasteiger partial charge is 0.416 e. The summed E-state index contributed by atoms with van der Waals surface area (Å²) >= 11 is 1.14. The SMILES string of the molecule is CCCn1c(SC(C)C(=O)NCC(=O)Nc2c(C)cccc2C)nc2ccc(C(F)(F)F)cc21. The van der Waals surface area contributed by atoms with Crippen molar-refractivity contribution >= 4 is 40.3 Å². The van der Waals surface area contributed by atoms with Gasteiger partial charge < -0.3 is 15.2 Å². The number of aromatic nitrogens is 2. The highest BCUT2D eigenvalue weighted by Crippen LogP contribution is 2.34. The standard InChI is InChI=1S/C24H27F3N4O2S/c1-5-11-31-19-12-17(24(25,26)27)9-10-18(19)29-23(31)34-16(4)22(33)28-13-20(32)30-21-14(2)7-6-8-15(21)3/h6-10,12,16H,5,11,13H2,1-4H3,(H,28,33)(H,30,32). The van der Waals surface area contributed by atoms with Gasteiger partial charge in [0.05, 0.1) is 28.4 Å². The van der Waals surface area contributed by atoms with Crippen molar-refractivity contribution < 1.29 is 22.8 Å². The summed E-state index contributed by atoms with van der Waals surface area (Å²) in [5.41, 5.74) is 2.63. The first kappa shape index (κ1) is 25.6. The molecule has 34 heavy (non-hydrogen) atoms. The first-order valence-electron chi connectivity index (χ1n) is 10.9. The van der Waals surface area contributed by atoms with Crippen LogP contribution in [0.3, 0.4) is 0 Å². The molecule has 0 radical (unpaired) electrons. The molecule has 3 aromatic rings. The number of hydrogen-bond donors (Lipinski definition) is 2. The Labute approximate surface area is 200 Å². The summed E-state index contributed by atoms with van der Waals surface area (Å²) in [5.74, 6) is -0.714. The van der Waals surface area contributed by atoms with Crippen molar-refractivity contribution in [3.63, 3.8) is 0 Å². The number of aryl methyl sites for hydroxylation is 3. The summed E-state index contributed by atoms with van der Waals surface area (Å²) in [6.07, 6.45) is -3.76. The summed E-state index contributed by atoms with van der Waals surface area (Å²) < 4.78 is 41.2. The Balaban J connectivity index is 1.68. The van der Waals surface area contributed by atoms with Crippen LogP contribution in [0.1, 0.15) is 37.0 Å². The highest BCUT2D eigenvalue weighted by molar-refractivity contribution is 8.00. The van der Waals surface area contributed by atoms with Gasteiger partial charge in [-0.2, -0.15) is 13.2 Å². The van der Waals surface area contributed by atoms with Crippen molar-refractivity contribution in [1.82, 2.24) is 14.9 Å². The quantitative estimate of drug-likeness (QED) is 0.418. The number of nitrogens with zero attached hydrogens (tertiary/aromatic N) is 2. The highest BCUT2D eigenvalue weighted by Gasteiger charge is 2.31. The van der Waals surface area contributed by atoms with Gasteiger partial charge in [0.15, 0.2) is 5.16 Å². The van der Waals surface area contributed by atoms with E-state index >= 15 is 0 Å². The number of alkyl halides is 3. The molecule has 0 aliphatic heterocycles. The Morgan fingerprint density at radius 3 is 2.44 bits per heavy atom. The van der Waals surface area contributed by atoms with Crippen molar-refractivity contribution in [3.05, 3.63) is 53.1 Å². The predicted molar refractivity (Wildman–Crippen MR) is 128 cm³/mol. The molecule has 1 atom stereocenters. The number of anilines is 1. The molecular weight excluding hydrogens is 465 g/mol. The summed E-state index contributed by atoms with van der Waals surface area (Å²) in [7, 11) is 0. The molecule has 10 heteroatoms. The van der Waals surface area contributed by atoms with Crippen LogP contribution in [0.2, 0.25) is 0 Å². The van der Waals surface area contributed by atoms with Crippen LogP contribution in [0.15, 0.2) is 41.6 Å². The minimum absolute atomic E-state index is 0.197. The van der Waals surface area contributed by atoms with Gasteiger partial charge in [-0.1, -0.05) is 36.9 Å². The smallest absolute Gasteiger partial charge is 0.346 e. The van der Waals surface area contributed by atoms with E-state index in [1.165, 1.54) is 6.07 Å². The first-order valence-corrected chi connectivity index (χ1v) is 11.8. The molecule has 0 bridgehead atoms. The van der Waals surface area contributed by atoms with Gasteiger partial charge >= 0.3 is 6.18 Å². The molecule has 0 aliphatic rings. The number of nitrogens with one attached hydrogen (secondary N) is 2. The number of halogens is 3. The highest BCUT2D eigenvalue weighted by atomic mass is 32.2. The topological polar surface area (TPSA) is 76.0 Å². The number of imidazole rings is 1. The first-order chi connectivity index (χ1) is 16.0. The average Bonchev–Trinajstić information content (AvgIpc) is 3.10. The Hall–Kier alpha value is -3.01. The minimum Gasteiger partial charge on any atom is -0.346 e. The van der Waals surface area contributed by atoms with Crippen LogP contribution in [-0.4, -0.2) is 33.2 Å². The molecule has 3 rings (SSSR count). The third-order valence-electron chi connectivity index (χ3n) is 5.31. The number of amides is 2. The number of rotatable bonds is 8. The van der Waals surface area contributed by atoms with Gasteiger partial charge in [-0.15, -0.1) is 0 Å². The molecule has 1 aromatic heterocycles. The van der Waals surface area contributed by atoms with Crippen molar-refractivity contribution in [2.24, 2.45) is 0 Å². The summed E-state index contributed by atoms with van der Waals surface area (Å²) in [6.45, 7) is 7.63. The number of benzene rings is 2. The van der Waals surface area contributed by atoms with Crippen LogP contribution in [0.5, 0.6) is 0 Å². The lowest BCUT2D eigenvalue weighted by Crippen LogP contribution is -2.37. The number of carbonyl (C=O) groups excluding carboxylic acids is 2.